The highest BCUT2D eigenvalue weighted by molar-refractivity contribution is 5.03. The van der Waals surface area contributed by atoms with Crippen LogP contribution in [0.4, 0.5) is 13.2 Å². The molecule has 1 N–H and O–H groups in total. The van der Waals surface area contributed by atoms with Gasteiger partial charge in [-0.1, -0.05) is 13.8 Å². The Morgan fingerprint density at radius 3 is 2.38 bits per heavy atom. The number of alkyl halides is 3. The van der Waals surface area contributed by atoms with E-state index >= 15 is 0 Å². The molecule has 0 bridgehead atoms. The zero-order valence-corrected chi connectivity index (χ0v) is 9.41. The first kappa shape index (κ1) is 13.0. The molecule has 0 fully saturated rings. The lowest BCUT2D eigenvalue weighted by molar-refractivity contribution is -0.141. The molecule has 92 valence electrons. The largest absolute Gasteiger partial charge is 0.435 e. The molecular weight excluding hydrogens is 221 g/mol. The lowest BCUT2D eigenvalue weighted by Gasteiger charge is -2.27. The van der Waals surface area contributed by atoms with Gasteiger partial charge in [-0.25, -0.2) is 0 Å². The minimum Gasteiger partial charge on any atom is -0.388 e. The molecule has 0 saturated carbocycles. The summed E-state index contributed by atoms with van der Waals surface area (Å²) in [7, 11) is 0. The summed E-state index contributed by atoms with van der Waals surface area (Å²) in [4.78, 5) is 0. The maximum atomic E-state index is 12.3. The third-order valence-electron chi connectivity index (χ3n) is 2.66. The van der Waals surface area contributed by atoms with Gasteiger partial charge in [-0.2, -0.15) is 18.3 Å². The topological polar surface area (TPSA) is 38.0 Å². The molecule has 0 amide bonds. The van der Waals surface area contributed by atoms with E-state index in [4.69, 9.17) is 0 Å². The van der Waals surface area contributed by atoms with Gasteiger partial charge in [0.05, 0.1) is 12.1 Å². The Morgan fingerprint density at radius 2 is 2.00 bits per heavy atom. The van der Waals surface area contributed by atoms with Gasteiger partial charge in [0.25, 0.3) is 0 Å². The van der Waals surface area contributed by atoms with Gasteiger partial charge in [0.2, 0.25) is 0 Å². The van der Waals surface area contributed by atoms with Crippen LogP contribution in [0.25, 0.3) is 0 Å². The lowest BCUT2D eigenvalue weighted by Crippen LogP contribution is -2.36. The molecule has 0 aliphatic carbocycles. The third kappa shape index (κ3) is 2.98. The molecule has 0 aliphatic heterocycles. The van der Waals surface area contributed by atoms with Gasteiger partial charge in [-0.3, -0.25) is 4.68 Å². The maximum absolute atomic E-state index is 12.3. The first-order chi connectivity index (χ1) is 7.13. The van der Waals surface area contributed by atoms with Crippen molar-refractivity contribution in [3.63, 3.8) is 0 Å². The van der Waals surface area contributed by atoms with E-state index in [0.29, 0.717) is 0 Å². The van der Waals surface area contributed by atoms with Crippen molar-refractivity contribution in [3.8, 4) is 0 Å². The molecule has 0 aliphatic rings. The van der Waals surface area contributed by atoms with Gasteiger partial charge in [0, 0.05) is 6.20 Å². The van der Waals surface area contributed by atoms with Crippen LogP contribution in [0.5, 0.6) is 0 Å². The number of hydrogen-bond acceptors (Lipinski definition) is 2. The van der Waals surface area contributed by atoms with Crippen LogP contribution in [-0.2, 0) is 12.7 Å². The highest BCUT2D eigenvalue weighted by atomic mass is 19.4. The van der Waals surface area contributed by atoms with Gasteiger partial charge in [-0.05, 0) is 18.9 Å². The fourth-order valence-corrected chi connectivity index (χ4v) is 1.11. The smallest absolute Gasteiger partial charge is 0.388 e. The van der Waals surface area contributed by atoms with Crippen LogP contribution in [0.15, 0.2) is 12.3 Å². The first-order valence-corrected chi connectivity index (χ1v) is 4.96. The van der Waals surface area contributed by atoms with Crippen LogP contribution in [-0.4, -0.2) is 20.5 Å². The molecule has 0 radical (unpaired) electrons. The molecule has 0 saturated heterocycles. The quantitative estimate of drug-likeness (QED) is 0.874. The Hall–Kier alpha value is -1.04. The predicted octanol–water partition coefficient (Wildman–Crippen LogP) is 2.31. The Kier molecular flexibility index (Phi) is 3.33. The summed E-state index contributed by atoms with van der Waals surface area (Å²) in [6.07, 6.45) is -3.21. The molecule has 0 spiro atoms. The van der Waals surface area contributed by atoms with Crippen LogP contribution in [0, 0.1) is 5.92 Å². The van der Waals surface area contributed by atoms with Gasteiger partial charge < -0.3 is 5.11 Å². The molecule has 0 aromatic carbocycles. The molecule has 3 nitrogen and oxygen atoms in total. The van der Waals surface area contributed by atoms with E-state index in [1.807, 2.05) is 0 Å². The van der Waals surface area contributed by atoms with Crippen molar-refractivity contribution in [1.82, 2.24) is 9.78 Å². The highest BCUT2D eigenvalue weighted by Gasteiger charge is 2.34. The average Bonchev–Trinajstić information content (AvgIpc) is 2.50. The summed E-state index contributed by atoms with van der Waals surface area (Å²) in [6, 6.07) is 0.899. The van der Waals surface area contributed by atoms with E-state index in [1.54, 1.807) is 20.8 Å². The van der Waals surface area contributed by atoms with E-state index in [2.05, 4.69) is 5.10 Å². The molecule has 1 unspecified atom stereocenters. The Bertz CT molecular complexity index is 355. The van der Waals surface area contributed by atoms with Crippen molar-refractivity contribution < 1.29 is 18.3 Å². The van der Waals surface area contributed by atoms with Crippen LogP contribution < -0.4 is 0 Å². The van der Waals surface area contributed by atoms with Crippen molar-refractivity contribution in [2.45, 2.75) is 39.1 Å². The predicted molar refractivity (Wildman–Crippen MR) is 52.7 cm³/mol. The number of rotatable bonds is 3. The van der Waals surface area contributed by atoms with Crippen LogP contribution in [0.1, 0.15) is 26.5 Å². The normalized spacial score (nSPS) is 16.5. The fraction of sp³-hybridized carbons (Fsp3) is 0.700. The average molecular weight is 236 g/mol. The van der Waals surface area contributed by atoms with Crippen molar-refractivity contribution >= 4 is 0 Å². The van der Waals surface area contributed by atoms with Crippen molar-refractivity contribution in [1.29, 1.82) is 0 Å². The number of nitrogens with zero attached hydrogens (tertiary/aromatic N) is 2. The molecule has 1 atom stereocenters. The third-order valence-corrected chi connectivity index (χ3v) is 2.66. The van der Waals surface area contributed by atoms with E-state index in [1.165, 1.54) is 6.20 Å². The Balaban J connectivity index is 2.81. The number of hydrogen-bond donors (Lipinski definition) is 1. The van der Waals surface area contributed by atoms with Gasteiger partial charge in [0.15, 0.2) is 5.69 Å². The second-order valence-corrected chi connectivity index (χ2v) is 4.41. The summed E-state index contributed by atoms with van der Waals surface area (Å²) < 4.78 is 37.9. The Labute approximate surface area is 91.9 Å². The van der Waals surface area contributed by atoms with E-state index in [0.717, 1.165) is 10.7 Å². The minimum atomic E-state index is -4.44. The molecule has 16 heavy (non-hydrogen) atoms. The zero-order valence-electron chi connectivity index (χ0n) is 9.41. The van der Waals surface area contributed by atoms with E-state index in [-0.39, 0.29) is 12.5 Å². The number of aliphatic hydroxyl groups is 1. The first-order valence-electron chi connectivity index (χ1n) is 4.96. The second kappa shape index (κ2) is 4.08. The molecule has 1 rings (SSSR count). The standard InChI is InChI=1S/C10H15F3N2O/c1-7(2)9(3,16)6-15-5-4-8(14-15)10(11,12)13/h4-5,7,16H,6H2,1-3H3. The van der Waals surface area contributed by atoms with Crippen molar-refractivity contribution in [2.75, 3.05) is 0 Å². The molecule has 1 heterocycles. The van der Waals surface area contributed by atoms with E-state index < -0.39 is 17.5 Å². The summed E-state index contributed by atoms with van der Waals surface area (Å²) >= 11 is 0. The van der Waals surface area contributed by atoms with Gasteiger partial charge in [0.1, 0.15) is 0 Å². The van der Waals surface area contributed by atoms with Crippen LogP contribution in [0.3, 0.4) is 0 Å². The zero-order chi connectivity index (χ0) is 12.6. The summed E-state index contributed by atoms with van der Waals surface area (Å²) in [5, 5.41) is 13.3. The SMILES string of the molecule is CC(C)C(C)(O)Cn1ccc(C(F)(F)F)n1. The van der Waals surface area contributed by atoms with Gasteiger partial charge in [-0.15, -0.1) is 0 Å². The monoisotopic (exact) mass is 236 g/mol. The van der Waals surface area contributed by atoms with Crippen LogP contribution >= 0.6 is 0 Å². The van der Waals surface area contributed by atoms with Gasteiger partial charge >= 0.3 is 6.18 Å². The lowest BCUT2D eigenvalue weighted by atomic mass is 9.93. The maximum Gasteiger partial charge on any atom is 0.435 e. The second-order valence-electron chi connectivity index (χ2n) is 4.41. The minimum absolute atomic E-state index is 0.0424. The van der Waals surface area contributed by atoms with Crippen molar-refractivity contribution in [3.05, 3.63) is 18.0 Å². The van der Waals surface area contributed by atoms with E-state index in [9.17, 15) is 18.3 Å². The summed E-state index contributed by atoms with van der Waals surface area (Å²) in [5.41, 5.74) is -2.01. The molecule has 1 aromatic heterocycles. The number of aromatic nitrogens is 2. The fourth-order valence-electron chi connectivity index (χ4n) is 1.11. The molecule has 1 aromatic rings. The summed E-state index contributed by atoms with van der Waals surface area (Å²) in [6.45, 7) is 5.22. The molecular formula is C10H15F3N2O. The van der Waals surface area contributed by atoms with Crippen LogP contribution in [0.2, 0.25) is 0 Å². The van der Waals surface area contributed by atoms with Crippen molar-refractivity contribution in [2.24, 2.45) is 5.92 Å². The highest BCUT2D eigenvalue weighted by Crippen LogP contribution is 2.27. The number of halogens is 3. The molecule has 6 heteroatoms. The Morgan fingerprint density at radius 1 is 1.44 bits per heavy atom. The summed E-state index contributed by atoms with van der Waals surface area (Å²) in [5.74, 6) is -0.0639.